The van der Waals surface area contributed by atoms with Gasteiger partial charge in [-0.1, -0.05) is 12.1 Å². The SMILES string of the molecule is COc1ccc2c(c1OS(=O)(=O)c1cccc(F)c1)CN1CCC3=C(CC4OCCOC4=C3)C1C2. The van der Waals surface area contributed by atoms with Gasteiger partial charge in [0.25, 0.3) is 0 Å². The number of rotatable bonds is 4. The summed E-state index contributed by atoms with van der Waals surface area (Å²) >= 11 is 0. The minimum absolute atomic E-state index is 0.0324. The van der Waals surface area contributed by atoms with E-state index in [0.717, 1.165) is 48.8 Å². The summed E-state index contributed by atoms with van der Waals surface area (Å²) in [4.78, 5) is 2.13. The minimum atomic E-state index is -4.25. The van der Waals surface area contributed by atoms with Crippen molar-refractivity contribution in [1.29, 1.82) is 0 Å². The average Bonchev–Trinajstić information content (AvgIpc) is 2.86. The van der Waals surface area contributed by atoms with Gasteiger partial charge in [0.15, 0.2) is 11.5 Å². The molecule has 6 rings (SSSR count). The zero-order valence-electron chi connectivity index (χ0n) is 19.3. The summed E-state index contributed by atoms with van der Waals surface area (Å²) in [5.41, 5.74) is 4.49. The van der Waals surface area contributed by atoms with Crippen molar-refractivity contribution in [3.8, 4) is 11.5 Å². The number of methoxy groups -OCH3 is 1. The summed E-state index contributed by atoms with van der Waals surface area (Å²) in [6, 6.07) is 8.72. The number of allylic oxidation sites excluding steroid dienone is 1. The fourth-order valence-electron chi connectivity index (χ4n) is 5.53. The van der Waals surface area contributed by atoms with Crippen molar-refractivity contribution in [2.24, 2.45) is 0 Å². The molecule has 0 bridgehead atoms. The monoisotopic (exact) mass is 499 g/mol. The second-order valence-corrected chi connectivity index (χ2v) is 10.7. The highest BCUT2D eigenvalue weighted by atomic mass is 32.2. The Kier molecular flexibility index (Phi) is 5.58. The maximum absolute atomic E-state index is 13.7. The topological polar surface area (TPSA) is 74.3 Å². The molecule has 0 aromatic heterocycles. The molecule has 35 heavy (non-hydrogen) atoms. The van der Waals surface area contributed by atoms with Crippen molar-refractivity contribution in [3.05, 3.63) is 76.3 Å². The molecule has 0 radical (unpaired) electrons. The predicted molar refractivity (Wildman–Crippen MR) is 125 cm³/mol. The third kappa shape index (κ3) is 4.01. The number of nitrogens with zero attached hydrogens (tertiary/aromatic N) is 1. The quantitative estimate of drug-likeness (QED) is 0.594. The second-order valence-electron chi connectivity index (χ2n) is 9.18. The second kappa shape index (κ2) is 8.65. The largest absolute Gasteiger partial charge is 0.493 e. The molecule has 2 aromatic carbocycles. The molecule has 2 atom stereocenters. The first-order chi connectivity index (χ1) is 16.9. The van der Waals surface area contributed by atoms with Crippen LogP contribution in [0.1, 0.15) is 24.0 Å². The van der Waals surface area contributed by atoms with E-state index in [1.165, 1.54) is 36.5 Å². The standard InChI is InChI=1S/C26H26FNO6S/c1-31-23-6-5-16-11-22-20-14-25-24(32-9-10-33-25)12-17(20)7-8-28(22)15-21(16)26(23)34-35(29,30)19-4-2-3-18(27)13-19/h2-6,12-13,22,25H,7-11,14-15H2,1H3. The van der Waals surface area contributed by atoms with E-state index in [1.54, 1.807) is 6.07 Å². The fraction of sp³-hybridized carbons (Fsp3) is 0.385. The molecule has 0 amide bonds. The number of benzene rings is 2. The first-order valence-electron chi connectivity index (χ1n) is 11.7. The molecular formula is C26H26FNO6S. The van der Waals surface area contributed by atoms with Gasteiger partial charge in [0.1, 0.15) is 29.2 Å². The van der Waals surface area contributed by atoms with E-state index in [0.29, 0.717) is 25.5 Å². The maximum Gasteiger partial charge on any atom is 0.339 e. The first kappa shape index (κ1) is 22.6. The van der Waals surface area contributed by atoms with E-state index in [2.05, 4.69) is 11.0 Å². The average molecular weight is 500 g/mol. The molecule has 0 spiro atoms. The Morgan fingerprint density at radius 3 is 2.86 bits per heavy atom. The highest BCUT2D eigenvalue weighted by molar-refractivity contribution is 7.87. The number of ether oxygens (including phenoxy) is 3. The molecular weight excluding hydrogens is 473 g/mol. The maximum atomic E-state index is 13.7. The highest BCUT2D eigenvalue weighted by Gasteiger charge is 2.40. The molecule has 184 valence electrons. The van der Waals surface area contributed by atoms with Crippen molar-refractivity contribution in [1.82, 2.24) is 4.90 Å². The molecule has 0 N–H and O–H groups in total. The lowest BCUT2D eigenvalue weighted by molar-refractivity contribution is -0.0453. The number of hydrogen-bond acceptors (Lipinski definition) is 7. The highest BCUT2D eigenvalue weighted by Crippen LogP contribution is 2.44. The van der Waals surface area contributed by atoms with Crippen molar-refractivity contribution < 1.29 is 31.2 Å². The predicted octanol–water partition coefficient (Wildman–Crippen LogP) is 3.73. The molecule has 4 aliphatic rings. The molecule has 1 aliphatic carbocycles. The van der Waals surface area contributed by atoms with Crippen LogP contribution in [0.2, 0.25) is 0 Å². The van der Waals surface area contributed by atoms with Crippen LogP contribution in [0.4, 0.5) is 4.39 Å². The summed E-state index contributed by atoms with van der Waals surface area (Å²) in [5, 5.41) is 0. The van der Waals surface area contributed by atoms with Gasteiger partial charge in [-0.05, 0) is 59.9 Å². The summed E-state index contributed by atoms with van der Waals surface area (Å²) in [7, 11) is -2.77. The molecule has 3 aliphatic heterocycles. The van der Waals surface area contributed by atoms with E-state index in [9.17, 15) is 12.8 Å². The fourth-order valence-corrected chi connectivity index (χ4v) is 6.53. The number of hydrogen-bond donors (Lipinski definition) is 0. The number of halogens is 1. The van der Waals surface area contributed by atoms with Crippen molar-refractivity contribution in [2.75, 3.05) is 26.9 Å². The Labute approximate surface area is 203 Å². The van der Waals surface area contributed by atoms with Gasteiger partial charge in [-0.25, -0.2) is 4.39 Å². The summed E-state index contributed by atoms with van der Waals surface area (Å²) in [5.74, 6) is 0.788. The minimum Gasteiger partial charge on any atom is -0.493 e. The van der Waals surface area contributed by atoms with Gasteiger partial charge >= 0.3 is 10.1 Å². The summed E-state index contributed by atoms with van der Waals surface area (Å²) in [6.45, 7) is 2.56. The van der Waals surface area contributed by atoms with Crippen LogP contribution in [-0.2, 0) is 32.6 Å². The molecule has 3 heterocycles. The van der Waals surface area contributed by atoms with E-state index in [4.69, 9.17) is 18.4 Å². The van der Waals surface area contributed by atoms with Crippen LogP contribution in [0.3, 0.4) is 0 Å². The van der Waals surface area contributed by atoms with Gasteiger partial charge in [-0.15, -0.1) is 0 Å². The van der Waals surface area contributed by atoms with Crippen LogP contribution in [0.5, 0.6) is 11.5 Å². The van der Waals surface area contributed by atoms with Crippen molar-refractivity contribution >= 4 is 10.1 Å². The lowest BCUT2D eigenvalue weighted by Gasteiger charge is -2.45. The van der Waals surface area contributed by atoms with E-state index < -0.39 is 15.9 Å². The Bertz CT molecular complexity index is 1350. The van der Waals surface area contributed by atoms with Gasteiger partial charge in [0.05, 0.1) is 13.7 Å². The summed E-state index contributed by atoms with van der Waals surface area (Å²) in [6.07, 6.45) is 4.55. The summed E-state index contributed by atoms with van der Waals surface area (Å²) < 4.78 is 62.6. The van der Waals surface area contributed by atoms with Crippen molar-refractivity contribution in [2.45, 2.75) is 42.8 Å². The Morgan fingerprint density at radius 1 is 1.14 bits per heavy atom. The molecule has 2 aromatic rings. The molecule has 2 unspecified atom stereocenters. The third-order valence-electron chi connectivity index (χ3n) is 7.23. The van der Waals surface area contributed by atoms with Crippen LogP contribution in [0.25, 0.3) is 0 Å². The van der Waals surface area contributed by atoms with E-state index in [-0.39, 0.29) is 22.8 Å². The Hall–Kier alpha value is -2.88. The molecule has 0 saturated carbocycles. The van der Waals surface area contributed by atoms with E-state index >= 15 is 0 Å². The van der Waals surface area contributed by atoms with Gasteiger partial charge in [0.2, 0.25) is 0 Å². The third-order valence-corrected chi connectivity index (χ3v) is 8.44. The van der Waals surface area contributed by atoms with Crippen molar-refractivity contribution in [3.63, 3.8) is 0 Å². The molecule has 7 nitrogen and oxygen atoms in total. The van der Waals surface area contributed by atoms with Gasteiger partial charge in [-0.3, -0.25) is 4.90 Å². The Balaban J connectivity index is 1.35. The first-order valence-corrected chi connectivity index (χ1v) is 13.1. The molecule has 1 saturated heterocycles. The Morgan fingerprint density at radius 2 is 2.03 bits per heavy atom. The zero-order chi connectivity index (χ0) is 24.2. The lowest BCUT2D eigenvalue weighted by Crippen LogP contribution is -2.47. The molecule has 9 heteroatoms. The van der Waals surface area contributed by atoms with Crippen LogP contribution in [-0.4, -0.2) is 52.3 Å². The van der Waals surface area contributed by atoms with Crippen LogP contribution in [0.15, 0.2) is 64.3 Å². The molecule has 1 fully saturated rings. The van der Waals surface area contributed by atoms with Gasteiger partial charge < -0.3 is 18.4 Å². The van der Waals surface area contributed by atoms with Crippen LogP contribution in [0, 0.1) is 5.82 Å². The van der Waals surface area contributed by atoms with E-state index in [1.807, 2.05) is 6.07 Å². The zero-order valence-corrected chi connectivity index (χ0v) is 20.1. The van der Waals surface area contributed by atoms with Gasteiger partial charge in [-0.2, -0.15) is 8.42 Å². The van der Waals surface area contributed by atoms with Gasteiger partial charge in [0, 0.05) is 31.1 Å². The number of fused-ring (bicyclic) bond motifs is 4. The lowest BCUT2D eigenvalue weighted by atomic mass is 9.79. The smallest absolute Gasteiger partial charge is 0.339 e. The van der Waals surface area contributed by atoms with Crippen LogP contribution >= 0.6 is 0 Å². The van der Waals surface area contributed by atoms with Crippen LogP contribution < -0.4 is 8.92 Å². The normalized spacial score (nSPS) is 23.8.